The Morgan fingerprint density at radius 2 is 0.797 bits per heavy atom. The number of ether oxygens (including phenoxy) is 11. The van der Waals surface area contributed by atoms with E-state index in [4.69, 9.17) is 52.1 Å². The van der Waals surface area contributed by atoms with Crippen LogP contribution in [0.2, 0.25) is 0 Å². The SMILES string of the molecule is CCCCCCCCO[C@@H]1O[C@H](COCc2ccccc2)[C@H](OCc2ccccc2)[C@H](O[C@@H]2O[C@@H](C)[C@H](OCc3ccccc3)[C@@H](OCc3ccc(OC)cc3)[C@H]2OCc2ccccc2)[C@H]1OCc1ccccc1. The predicted octanol–water partition coefficient (Wildman–Crippen LogP) is 12.4. The van der Waals surface area contributed by atoms with Crippen molar-refractivity contribution in [3.05, 3.63) is 209 Å². The zero-order chi connectivity index (χ0) is 51.0. The number of hydrogen-bond donors (Lipinski definition) is 0. The first-order valence-electron chi connectivity index (χ1n) is 26.6. The van der Waals surface area contributed by atoms with Gasteiger partial charge in [-0.25, -0.2) is 0 Å². The van der Waals surface area contributed by atoms with Crippen LogP contribution in [0, 0.1) is 0 Å². The van der Waals surface area contributed by atoms with E-state index in [-0.39, 0.29) is 33.0 Å². The predicted molar refractivity (Wildman–Crippen MR) is 285 cm³/mol. The van der Waals surface area contributed by atoms with Crippen LogP contribution in [0.25, 0.3) is 0 Å². The minimum atomic E-state index is -1.01. The van der Waals surface area contributed by atoms with Crippen molar-refractivity contribution in [2.24, 2.45) is 0 Å². The van der Waals surface area contributed by atoms with E-state index in [9.17, 15) is 0 Å². The van der Waals surface area contributed by atoms with E-state index in [0.717, 1.165) is 58.4 Å². The Labute approximate surface area is 439 Å². The minimum Gasteiger partial charge on any atom is -0.497 e. The van der Waals surface area contributed by atoms with E-state index in [1.807, 2.05) is 134 Å². The van der Waals surface area contributed by atoms with E-state index >= 15 is 0 Å². The van der Waals surface area contributed by atoms with E-state index < -0.39 is 61.4 Å². The van der Waals surface area contributed by atoms with Gasteiger partial charge in [0.05, 0.1) is 59.5 Å². The first-order chi connectivity index (χ1) is 36.5. The summed E-state index contributed by atoms with van der Waals surface area (Å²) >= 11 is 0. The summed E-state index contributed by atoms with van der Waals surface area (Å²) in [5, 5.41) is 0. The van der Waals surface area contributed by atoms with Crippen LogP contribution in [0.1, 0.15) is 85.8 Å². The molecular formula is C63H76O11. The molecule has 6 aromatic carbocycles. The lowest BCUT2D eigenvalue weighted by Crippen LogP contribution is -2.66. The van der Waals surface area contributed by atoms with Crippen LogP contribution in [-0.4, -0.2) is 81.7 Å². The average Bonchev–Trinajstić information content (AvgIpc) is 3.45. The third-order valence-electron chi connectivity index (χ3n) is 13.5. The standard InChI is InChI=1S/C63H76O11/c1-4-5-6-7-8-24-39-66-62-61(71-44-52-33-22-13-23-34-52)59(57(68-42-50-29-18-11-19-30-50)55(73-62)46-65-40-48-25-14-9-15-26-48)74-63-60(70-43-51-31-20-12-21-32-51)58(69-45-53-35-37-54(64-3)38-36-53)56(47(2)72-63)67-41-49-27-16-10-17-28-49/h9-23,25-38,47,55-63H,4-8,24,39-46H2,1-3H3/t47-,55+,56-,57-,58+,59-,60+,61+,62+,63-/m0/s1. The van der Waals surface area contributed by atoms with Crippen LogP contribution in [0.3, 0.4) is 0 Å². The molecule has 2 aliphatic heterocycles. The van der Waals surface area contributed by atoms with Crippen LogP contribution in [0.4, 0.5) is 0 Å². The fraction of sp³-hybridized carbons (Fsp3) is 0.429. The molecule has 0 bridgehead atoms. The molecule has 0 amide bonds. The number of unbranched alkanes of at least 4 members (excludes halogenated alkanes) is 5. The minimum absolute atomic E-state index is 0.190. The Bertz CT molecular complexity index is 2400. The third kappa shape index (κ3) is 16.9. The van der Waals surface area contributed by atoms with Gasteiger partial charge in [-0.2, -0.15) is 0 Å². The monoisotopic (exact) mass is 1010 g/mol. The highest BCUT2D eigenvalue weighted by molar-refractivity contribution is 5.27. The topological polar surface area (TPSA) is 102 Å². The Morgan fingerprint density at radius 1 is 0.378 bits per heavy atom. The van der Waals surface area contributed by atoms with Crippen LogP contribution < -0.4 is 4.74 Å². The molecule has 0 aliphatic carbocycles. The molecule has 0 spiro atoms. The highest BCUT2D eigenvalue weighted by Gasteiger charge is 2.54. The van der Waals surface area contributed by atoms with Gasteiger partial charge in [0.15, 0.2) is 12.6 Å². The smallest absolute Gasteiger partial charge is 0.187 e. The molecule has 0 unspecified atom stereocenters. The van der Waals surface area contributed by atoms with Gasteiger partial charge in [0.1, 0.15) is 48.5 Å². The molecule has 6 aromatic rings. The molecule has 2 aliphatic rings. The summed E-state index contributed by atoms with van der Waals surface area (Å²) in [5.41, 5.74) is 6.01. The lowest BCUT2D eigenvalue weighted by molar-refractivity contribution is -0.376. The van der Waals surface area contributed by atoms with Gasteiger partial charge in [0.2, 0.25) is 0 Å². The zero-order valence-electron chi connectivity index (χ0n) is 43.4. The first-order valence-corrected chi connectivity index (χ1v) is 26.6. The van der Waals surface area contributed by atoms with Crippen molar-refractivity contribution in [3.63, 3.8) is 0 Å². The number of rotatable bonds is 30. The van der Waals surface area contributed by atoms with Gasteiger partial charge in [0.25, 0.3) is 0 Å². The second kappa shape index (κ2) is 30.3. The van der Waals surface area contributed by atoms with Gasteiger partial charge >= 0.3 is 0 Å². The molecule has 2 fully saturated rings. The van der Waals surface area contributed by atoms with Crippen LogP contribution in [0.5, 0.6) is 5.75 Å². The zero-order valence-corrected chi connectivity index (χ0v) is 43.4. The molecule has 74 heavy (non-hydrogen) atoms. The van der Waals surface area contributed by atoms with Gasteiger partial charge in [0, 0.05) is 6.61 Å². The summed E-state index contributed by atoms with van der Waals surface area (Å²) in [6, 6.07) is 58.5. The fourth-order valence-electron chi connectivity index (χ4n) is 9.44. The third-order valence-corrected chi connectivity index (χ3v) is 13.5. The number of hydrogen-bond acceptors (Lipinski definition) is 11. The van der Waals surface area contributed by atoms with Crippen molar-refractivity contribution in [2.75, 3.05) is 20.3 Å². The Morgan fingerprint density at radius 3 is 1.30 bits per heavy atom. The van der Waals surface area contributed by atoms with Crippen LogP contribution >= 0.6 is 0 Å². The highest BCUT2D eigenvalue weighted by atomic mass is 16.8. The van der Waals surface area contributed by atoms with Crippen LogP contribution in [-0.2, 0) is 87.0 Å². The summed E-state index contributed by atoms with van der Waals surface area (Å²) in [5.74, 6) is 0.762. The molecule has 8 rings (SSSR count). The summed E-state index contributed by atoms with van der Waals surface area (Å²) in [4.78, 5) is 0. The van der Waals surface area contributed by atoms with E-state index in [0.29, 0.717) is 19.8 Å². The Balaban J connectivity index is 1.17. The molecule has 10 atom stereocenters. The van der Waals surface area contributed by atoms with Crippen molar-refractivity contribution in [3.8, 4) is 5.75 Å². The molecule has 0 radical (unpaired) electrons. The van der Waals surface area contributed by atoms with Gasteiger partial charge < -0.3 is 52.1 Å². The fourth-order valence-corrected chi connectivity index (χ4v) is 9.44. The first kappa shape index (κ1) is 55.0. The second-order valence-corrected chi connectivity index (χ2v) is 19.2. The maximum atomic E-state index is 7.56. The number of benzene rings is 6. The molecule has 0 saturated carbocycles. The summed E-state index contributed by atoms with van der Waals surface area (Å²) < 4.78 is 75.6. The molecule has 0 aromatic heterocycles. The summed E-state index contributed by atoms with van der Waals surface area (Å²) in [6.07, 6.45) is -0.746. The van der Waals surface area contributed by atoms with Gasteiger partial charge in [-0.15, -0.1) is 0 Å². The second-order valence-electron chi connectivity index (χ2n) is 19.2. The van der Waals surface area contributed by atoms with Crippen molar-refractivity contribution < 1.29 is 52.1 Å². The molecule has 11 heteroatoms. The molecular weight excluding hydrogens is 933 g/mol. The maximum Gasteiger partial charge on any atom is 0.187 e. The summed E-state index contributed by atoms with van der Waals surface area (Å²) in [7, 11) is 1.66. The van der Waals surface area contributed by atoms with Gasteiger partial charge in [-0.1, -0.05) is 203 Å². The quantitative estimate of drug-likeness (QED) is 0.0403. The van der Waals surface area contributed by atoms with Gasteiger partial charge in [-0.05, 0) is 58.9 Å². The maximum absolute atomic E-state index is 7.56. The Kier molecular flexibility index (Phi) is 22.5. The van der Waals surface area contributed by atoms with Gasteiger partial charge in [-0.3, -0.25) is 0 Å². The highest BCUT2D eigenvalue weighted by Crippen LogP contribution is 2.37. The van der Waals surface area contributed by atoms with Crippen molar-refractivity contribution in [1.29, 1.82) is 0 Å². The van der Waals surface area contributed by atoms with E-state index in [2.05, 4.69) is 55.5 Å². The molecule has 0 N–H and O–H groups in total. The van der Waals surface area contributed by atoms with Crippen molar-refractivity contribution >= 4 is 0 Å². The van der Waals surface area contributed by atoms with E-state index in [1.54, 1.807) is 7.11 Å². The molecule has 2 heterocycles. The van der Waals surface area contributed by atoms with E-state index in [1.165, 1.54) is 19.3 Å². The lowest BCUT2D eigenvalue weighted by atomic mass is 9.96. The van der Waals surface area contributed by atoms with Crippen LogP contribution in [0.15, 0.2) is 176 Å². The normalized spacial score (nSPS) is 23.9. The molecule has 2 saturated heterocycles. The molecule has 394 valence electrons. The van der Waals surface area contributed by atoms with Crippen molar-refractivity contribution in [1.82, 2.24) is 0 Å². The number of methoxy groups -OCH3 is 1. The largest absolute Gasteiger partial charge is 0.497 e. The average molecular weight is 1010 g/mol. The lowest BCUT2D eigenvalue weighted by Gasteiger charge is -2.50. The molecule has 11 nitrogen and oxygen atoms in total. The van der Waals surface area contributed by atoms with Crippen molar-refractivity contribution in [2.45, 2.75) is 153 Å². The Hall–Kier alpha value is -5.28. The summed E-state index contributed by atoms with van der Waals surface area (Å²) in [6.45, 7) is 6.69.